The minimum atomic E-state index is 0.0121. The molecule has 1 aromatic carbocycles. The van der Waals surface area contributed by atoms with Crippen LogP contribution in [0.3, 0.4) is 0 Å². The summed E-state index contributed by atoms with van der Waals surface area (Å²) in [5.74, 6) is 0.868. The van der Waals surface area contributed by atoms with E-state index in [0.29, 0.717) is 0 Å². The quantitative estimate of drug-likeness (QED) is 0.776. The second kappa shape index (κ2) is 6.51. The largest absolute Gasteiger partial charge is 0.491 e. The predicted octanol–water partition coefficient (Wildman–Crippen LogP) is 2.12. The van der Waals surface area contributed by atoms with Gasteiger partial charge in [-0.05, 0) is 38.1 Å². The van der Waals surface area contributed by atoms with Crippen molar-refractivity contribution in [1.29, 1.82) is 0 Å². The molecule has 0 aromatic heterocycles. The van der Waals surface area contributed by atoms with Crippen LogP contribution < -0.4 is 10.1 Å². The van der Waals surface area contributed by atoms with Gasteiger partial charge in [-0.15, -0.1) is 0 Å². The van der Waals surface area contributed by atoms with E-state index in [0.717, 1.165) is 17.9 Å². The van der Waals surface area contributed by atoms with Crippen LogP contribution in [-0.2, 0) is 0 Å². The third kappa shape index (κ3) is 3.83. The van der Waals surface area contributed by atoms with Crippen molar-refractivity contribution in [2.45, 2.75) is 32.9 Å². The molecule has 3 heteroatoms. The number of aliphatic hydroxyl groups excluding tert-OH is 1. The van der Waals surface area contributed by atoms with E-state index in [-0.39, 0.29) is 18.8 Å². The SMILES string of the molecule is CCNC(CO)c1ccc(OC(C)C)cc1. The highest BCUT2D eigenvalue weighted by Crippen LogP contribution is 2.18. The van der Waals surface area contributed by atoms with Crippen molar-refractivity contribution in [3.63, 3.8) is 0 Å². The molecule has 0 radical (unpaired) electrons. The lowest BCUT2D eigenvalue weighted by atomic mass is 10.1. The van der Waals surface area contributed by atoms with Gasteiger partial charge in [0.25, 0.3) is 0 Å². The summed E-state index contributed by atoms with van der Waals surface area (Å²) in [7, 11) is 0. The van der Waals surface area contributed by atoms with E-state index in [4.69, 9.17) is 4.74 Å². The monoisotopic (exact) mass is 223 g/mol. The lowest BCUT2D eigenvalue weighted by molar-refractivity contribution is 0.240. The molecular weight excluding hydrogens is 202 g/mol. The second-order valence-corrected chi connectivity index (χ2v) is 4.03. The van der Waals surface area contributed by atoms with Crippen molar-refractivity contribution in [1.82, 2.24) is 5.32 Å². The molecule has 0 heterocycles. The van der Waals surface area contributed by atoms with Crippen LogP contribution in [0, 0.1) is 0 Å². The van der Waals surface area contributed by atoms with Crippen LogP contribution >= 0.6 is 0 Å². The summed E-state index contributed by atoms with van der Waals surface area (Å²) in [6, 6.07) is 7.87. The second-order valence-electron chi connectivity index (χ2n) is 4.03. The van der Waals surface area contributed by atoms with E-state index in [1.165, 1.54) is 0 Å². The first-order chi connectivity index (χ1) is 7.67. The molecule has 16 heavy (non-hydrogen) atoms. The molecule has 0 saturated carbocycles. The van der Waals surface area contributed by atoms with Crippen LogP contribution in [-0.4, -0.2) is 24.4 Å². The van der Waals surface area contributed by atoms with Crippen molar-refractivity contribution in [2.24, 2.45) is 0 Å². The zero-order valence-corrected chi connectivity index (χ0v) is 10.2. The van der Waals surface area contributed by atoms with E-state index in [1.807, 2.05) is 45.0 Å². The molecule has 1 atom stereocenters. The lowest BCUT2D eigenvalue weighted by Crippen LogP contribution is -2.23. The maximum absolute atomic E-state index is 9.23. The normalized spacial score (nSPS) is 12.8. The Kier molecular flexibility index (Phi) is 5.29. The molecular formula is C13H21NO2. The third-order valence-corrected chi connectivity index (χ3v) is 2.29. The highest BCUT2D eigenvalue weighted by atomic mass is 16.5. The van der Waals surface area contributed by atoms with E-state index < -0.39 is 0 Å². The number of hydrogen-bond donors (Lipinski definition) is 2. The van der Waals surface area contributed by atoms with E-state index in [1.54, 1.807) is 0 Å². The molecule has 0 spiro atoms. The van der Waals surface area contributed by atoms with Crippen molar-refractivity contribution >= 4 is 0 Å². The van der Waals surface area contributed by atoms with Gasteiger partial charge in [-0.1, -0.05) is 19.1 Å². The molecule has 0 bridgehead atoms. The maximum atomic E-state index is 9.23. The first kappa shape index (κ1) is 13.0. The number of ether oxygens (including phenoxy) is 1. The average Bonchev–Trinajstić information content (AvgIpc) is 2.26. The first-order valence-corrected chi connectivity index (χ1v) is 5.78. The third-order valence-electron chi connectivity index (χ3n) is 2.29. The van der Waals surface area contributed by atoms with Crippen LogP contribution in [0.4, 0.5) is 0 Å². The number of hydrogen-bond acceptors (Lipinski definition) is 3. The van der Waals surface area contributed by atoms with Gasteiger partial charge in [0, 0.05) is 0 Å². The van der Waals surface area contributed by atoms with Crippen LogP contribution in [0.1, 0.15) is 32.4 Å². The summed E-state index contributed by atoms with van der Waals surface area (Å²) in [6.07, 6.45) is 0.188. The van der Waals surface area contributed by atoms with Gasteiger partial charge in [0.2, 0.25) is 0 Å². The zero-order chi connectivity index (χ0) is 12.0. The summed E-state index contributed by atoms with van der Waals surface area (Å²) in [6.45, 7) is 6.98. The van der Waals surface area contributed by atoms with E-state index in [2.05, 4.69) is 5.32 Å². The lowest BCUT2D eigenvalue weighted by Gasteiger charge is -2.16. The Bertz CT molecular complexity index is 295. The molecule has 0 aliphatic rings. The molecule has 2 N–H and O–H groups in total. The van der Waals surface area contributed by atoms with Crippen LogP contribution in [0.15, 0.2) is 24.3 Å². The molecule has 0 aliphatic heterocycles. The Morgan fingerprint density at radius 3 is 2.31 bits per heavy atom. The summed E-state index contributed by atoms with van der Waals surface area (Å²) in [4.78, 5) is 0. The van der Waals surface area contributed by atoms with Crippen molar-refractivity contribution in [2.75, 3.05) is 13.2 Å². The average molecular weight is 223 g/mol. The number of aliphatic hydroxyl groups is 1. The minimum Gasteiger partial charge on any atom is -0.491 e. The van der Waals surface area contributed by atoms with Gasteiger partial charge in [-0.2, -0.15) is 0 Å². The summed E-state index contributed by atoms with van der Waals surface area (Å²) >= 11 is 0. The van der Waals surface area contributed by atoms with E-state index >= 15 is 0 Å². The Morgan fingerprint density at radius 2 is 1.88 bits per heavy atom. The first-order valence-electron chi connectivity index (χ1n) is 5.78. The molecule has 0 fully saturated rings. The van der Waals surface area contributed by atoms with Gasteiger partial charge in [-0.3, -0.25) is 0 Å². The number of likely N-dealkylation sites (N-methyl/N-ethyl adjacent to an activating group) is 1. The number of rotatable bonds is 6. The van der Waals surface area contributed by atoms with Gasteiger partial charge in [0.15, 0.2) is 0 Å². The zero-order valence-electron chi connectivity index (χ0n) is 10.2. The molecule has 3 nitrogen and oxygen atoms in total. The van der Waals surface area contributed by atoms with Gasteiger partial charge in [0.1, 0.15) is 5.75 Å². The van der Waals surface area contributed by atoms with Gasteiger partial charge in [-0.25, -0.2) is 0 Å². The molecule has 0 amide bonds. The van der Waals surface area contributed by atoms with Crippen LogP contribution in [0.5, 0.6) is 5.75 Å². The molecule has 0 aliphatic carbocycles. The predicted molar refractivity (Wildman–Crippen MR) is 65.7 cm³/mol. The topological polar surface area (TPSA) is 41.5 Å². The fraction of sp³-hybridized carbons (Fsp3) is 0.538. The van der Waals surface area contributed by atoms with Gasteiger partial charge in [0.05, 0.1) is 18.8 Å². The van der Waals surface area contributed by atoms with Crippen molar-refractivity contribution in [3.8, 4) is 5.75 Å². The van der Waals surface area contributed by atoms with Crippen molar-refractivity contribution in [3.05, 3.63) is 29.8 Å². The summed E-state index contributed by atoms with van der Waals surface area (Å²) in [5.41, 5.74) is 1.08. The molecule has 1 rings (SSSR count). The minimum absolute atomic E-state index is 0.0121. The number of nitrogens with one attached hydrogen (secondary N) is 1. The van der Waals surface area contributed by atoms with E-state index in [9.17, 15) is 5.11 Å². The Hall–Kier alpha value is -1.06. The van der Waals surface area contributed by atoms with Gasteiger partial charge < -0.3 is 15.2 Å². The van der Waals surface area contributed by atoms with Gasteiger partial charge >= 0.3 is 0 Å². The Morgan fingerprint density at radius 1 is 1.25 bits per heavy atom. The Labute approximate surface area is 97.4 Å². The maximum Gasteiger partial charge on any atom is 0.119 e. The standard InChI is InChI=1S/C13H21NO2/c1-4-14-13(9-15)11-5-7-12(8-6-11)16-10(2)3/h5-8,10,13-15H,4,9H2,1-3H3. The fourth-order valence-electron chi connectivity index (χ4n) is 1.59. The van der Waals surface area contributed by atoms with Crippen LogP contribution in [0.25, 0.3) is 0 Å². The molecule has 1 aromatic rings. The molecule has 1 unspecified atom stereocenters. The van der Waals surface area contributed by atoms with Crippen LogP contribution in [0.2, 0.25) is 0 Å². The Balaban J connectivity index is 2.69. The number of benzene rings is 1. The fourth-order valence-corrected chi connectivity index (χ4v) is 1.59. The van der Waals surface area contributed by atoms with Crippen molar-refractivity contribution < 1.29 is 9.84 Å². The highest BCUT2D eigenvalue weighted by Gasteiger charge is 2.08. The summed E-state index contributed by atoms with van der Waals surface area (Å²) in [5, 5.41) is 12.4. The smallest absolute Gasteiger partial charge is 0.119 e. The molecule has 0 saturated heterocycles. The highest BCUT2D eigenvalue weighted by molar-refractivity contribution is 5.29. The molecule has 90 valence electrons. The summed E-state index contributed by atoms with van der Waals surface area (Å²) < 4.78 is 5.56.